The van der Waals surface area contributed by atoms with E-state index in [1.165, 1.54) is 12.8 Å². The zero-order valence-electron chi connectivity index (χ0n) is 10.2. The van der Waals surface area contributed by atoms with Crippen molar-refractivity contribution in [2.24, 2.45) is 5.92 Å². The van der Waals surface area contributed by atoms with E-state index in [4.69, 9.17) is 5.11 Å². The lowest BCUT2D eigenvalue weighted by atomic mass is 9.93. The fourth-order valence-corrected chi connectivity index (χ4v) is 2.12. The number of rotatable bonds is 6. The topological polar surface area (TPSA) is 61.4 Å². The van der Waals surface area contributed by atoms with Gasteiger partial charge in [0.05, 0.1) is 0 Å². The Morgan fingerprint density at radius 3 is 2.81 bits per heavy atom. The van der Waals surface area contributed by atoms with Gasteiger partial charge in [-0.05, 0) is 51.6 Å². The van der Waals surface area contributed by atoms with Gasteiger partial charge in [-0.3, -0.25) is 4.79 Å². The normalized spacial score (nSPS) is 19.4. The zero-order valence-corrected chi connectivity index (χ0v) is 10.2. The number of aliphatic hydroxyl groups is 1. The van der Waals surface area contributed by atoms with Crippen molar-refractivity contribution in [1.29, 1.82) is 0 Å². The maximum atomic E-state index is 11.6. The van der Waals surface area contributed by atoms with Crippen LogP contribution in [0.15, 0.2) is 0 Å². The SMILES string of the molecule is CC(CCO)NC(=O)CCC1CCNCC1. The first-order valence-corrected chi connectivity index (χ1v) is 6.33. The molecule has 0 aromatic carbocycles. The number of nitrogens with one attached hydrogen (secondary N) is 2. The van der Waals surface area contributed by atoms with E-state index in [0.29, 0.717) is 18.8 Å². The lowest BCUT2D eigenvalue weighted by Gasteiger charge is -2.22. The van der Waals surface area contributed by atoms with Gasteiger partial charge in [0.1, 0.15) is 0 Å². The summed E-state index contributed by atoms with van der Waals surface area (Å²) in [5.74, 6) is 0.833. The molecule has 1 heterocycles. The van der Waals surface area contributed by atoms with Crippen molar-refractivity contribution >= 4 is 5.91 Å². The molecule has 16 heavy (non-hydrogen) atoms. The molecule has 0 radical (unpaired) electrons. The number of carbonyl (C=O) groups is 1. The third-order valence-electron chi connectivity index (χ3n) is 3.21. The molecule has 1 atom stereocenters. The van der Waals surface area contributed by atoms with Crippen molar-refractivity contribution in [1.82, 2.24) is 10.6 Å². The van der Waals surface area contributed by atoms with E-state index in [0.717, 1.165) is 19.5 Å². The number of carbonyl (C=O) groups excluding carboxylic acids is 1. The van der Waals surface area contributed by atoms with Crippen molar-refractivity contribution in [3.05, 3.63) is 0 Å². The first-order chi connectivity index (χ1) is 7.72. The molecule has 0 aliphatic carbocycles. The van der Waals surface area contributed by atoms with Crippen LogP contribution in [0.2, 0.25) is 0 Å². The first kappa shape index (κ1) is 13.5. The van der Waals surface area contributed by atoms with Crippen LogP contribution in [0.1, 0.15) is 39.0 Å². The third kappa shape index (κ3) is 5.47. The number of aliphatic hydroxyl groups excluding tert-OH is 1. The Morgan fingerprint density at radius 2 is 2.19 bits per heavy atom. The highest BCUT2D eigenvalue weighted by atomic mass is 16.3. The summed E-state index contributed by atoms with van der Waals surface area (Å²) < 4.78 is 0. The van der Waals surface area contributed by atoms with Gasteiger partial charge in [0.2, 0.25) is 5.91 Å². The Balaban J connectivity index is 2.09. The largest absolute Gasteiger partial charge is 0.396 e. The van der Waals surface area contributed by atoms with E-state index < -0.39 is 0 Å². The van der Waals surface area contributed by atoms with Crippen LogP contribution in [0.3, 0.4) is 0 Å². The van der Waals surface area contributed by atoms with Crippen LogP contribution < -0.4 is 10.6 Å². The molecule has 1 aliphatic rings. The summed E-state index contributed by atoms with van der Waals surface area (Å²) >= 11 is 0. The summed E-state index contributed by atoms with van der Waals surface area (Å²) in [6.45, 7) is 4.24. The van der Waals surface area contributed by atoms with Crippen LogP contribution in [-0.2, 0) is 4.79 Å². The van der Waals surface area contributed by atoms with Crippen LogP contribution in [0.25, 0.3) is 0 Å². The third-order valence-corrected chi connectivity index (χ3v) is 3.21. The zero-order chi connectivity index (χ0) is 11.8. The number of amides is 1. The Hall–Kier alpha value is -0.610. The van der Waals surface area contributed by atoms with Crippen molar-refractivity contribution in [3.8, 4) is 0 Å². The van der Waals surface area contributed by atoms with Crippen molar-refractivity contribution in [2.45, 2.75) is 45.1 Å². The smallest absolute Gasteiger partial charge is 0.220 e. The molecule has 94 valence electrons. The molecule has 0 bridgehead atoms. The van der Waals surface area contributed by atoms with Crippen LogP contribution in [-0.4, -0.2) is 36.8 Å². The fourth-order valence-electron chi connectivity index (χ4n) is 2.12. The quantitative estimate of drug-likeness (QED) is 0.625. The molecule has 1 rings (SSSR count). The van der Waals surface area contributed by atoms with Gasteiger partial charge in [-0.2, -0.15) is 0 Å². The molecule has 1 aliphatic heterocycles. The van der Waals surface area contributed by atoms with Gasteiger partial charge in [-0.1, -0.05) is 0 Å². The second-order valence-electron chi connectivity index (χ2n) is 4.71. The first-order valence-electron chi connectivity index (χ1n) is 6.33. The summed E-state index contributed by atoms with van der Waals surface area (Å²) in [6.07, 6.45) is 4.65. The minimum absolute atomic E-state index is 0.0884. The van der Waals surface area contributed by atoms with Crippen LogP contribution in [0.4, 0.5) is 0 Å². The van der Waals surface area contributed by atoms with Crippen molar-refractivity contribution < 1.29 is 9.90 Å². The molecule has 4 nitrogen and oxygen atoms in total. The second kappa shape index (κ2) is 7.63. The van der Waals surface area contributed by atoms with Crippen molar-refractivity contribution in [2.75, 3.05) is 19.7 Å². The van der Waals surface area contributed by atoms with E-state index in [1.807, 2.05) is 6.92 Å². The lowest BCUT2D eigenvalue weighted by molar-refractivity contribution is -0.122. The second-order valence-corrected chi connectivity index (χ2v) is 4.71. The van der Waals surface area contributed by atoms with Gasteiger partial charge < -0.3 is 15.7 Å². The average molecular weight is 228 g/mol. The molecule has 1 amide bonds. The molecule has 0 aromatic rings. The van der Waals surface area contributed by atoms with E-state index >= 15 is 0 Å². The number of hydrogen-bond acceptors (Lipinski definition) is 3. The summed E-state index contributed by atoms with van der Waals surface area (Å²) in [6, 6.07) is 0.0884. The Labute approximate surface area is 97.8 Å². The summed E-state index contributed by atoms with van der Waals surface area (Å²) in [5, 5.41) is 15.0. The highest BCUT2D eigenvalue weighted by molar-refractivity contribution is 5.76. The van der Waals surface area contributed by atoms with Gasteiger partial charge in [0, 0.05) is 19.1 Å². The van der Waals surface area contributed by atoms with Crippen LogP contribution >= 0.6 is 0 Å². The van der Waals surface area contributed by atoms with E-state index in [1.54, 1.807) is 0 Å². The Bertz CT molecular complexity index is 203. The maximum absolute atomic E-state index is 11.6. The number of hydrogen-bond donors (Lipinski definition) is 3. The van der Waals surface area contributed by atoms with E-state index in [-0.39, 0.29) is 18.6 Å². The average Bonchev–Trinajstić information content (AvgIpc) is 2.28. The Kier molecular flexibility index (Phi) is 6.42. The van der Waals surface area contributed by atoms with Crippen LogP contribution in [0, 0.1) is 5.92 Å². The highest BCUT2D eigenvalue weighted by Crippen LogP contribution is 2.17. The molecule has 1 unspecified atom stereocenters. The molecule has 0 aromatic heterocycles. The summed E-state index contributed by atoms with van der Waals surface area (Å²) in [5.41, 5.74) is 0. The van der Waals surface area contributed by atoms with E-state index in [2.05, 4.69) is 10.6 Å². The summed E-state index contributed by atoms with van der Waals surface area (Å²) in [7, 11) is 0. The van der Waals surface area contributed by atoms with Crippen LogP contribution in [0.5, 0.6) is 0 Å². The molecule has 4 heteroatoms. The number of piperidine rings is 1. The minimum Gasteiger partial charge on any atom is -0.396 e. The molecule has 1 fully saturated rings. The van der Waals surface area contributed by atoms with Gasteiger partial charge in [0.15, 0.2) is 0 Å². The molecule has 0 spiro atoms. The minimum atomic E-state index is 0.0884. The highest BCUT2D eigenvalue weighted by Gasteiger charge is 2.15. The molecule has 0 saturated carbocycles. The van der Waals surface area contributed by atoms with Gasteiger partial charge in [-0.25, -0.2) is 0 Å². The molecular weight excluding hydrogens is 204 g/mol. The van der Waals surface area contributed by atoms with E-state index in [9.17, 15) is 4.79 Å². The van der Waals surface area contributed by atoms with Gasteiger partial charge in [0.25, 0.3) is 0 Å². The predicted molar refractivity (Wildman–Crippen MR) is 64.1 cm³/mol. The van der Waals surface area contributed by atoms with Crippen molar-refractivity contribution in [3.63, 3.8) is 0 Å². The monoisotopic (exact) mass is 228 g/mol. The fraction of sp³-hybridized carbons (Fsp3) is 0.917. The summed E-state index contributed by atoms with van der Waals surface area (Å²) in [4.78, 5) is 11.6. The Morgan fingerprint density at radius 1 is 1.50 bits per heavy atom. The lowest BCUT2D eigenvalue weighted by Crippen LogP contribution is -2.34. The standard InChI is InChI=1S/C12H24N2O2/c1-10(6-9-15)14-12(16)3-2-11-4-7-13-8-5-11/h10-11,13,15H,2-9H2,1H3,(H,14,16). The van der Waals surface area contributed by atoms with Gasteiger partial charge >= 0.3 is 0 Å². The van der Waals surface area contributed by atoms with Gasteiger partial charge in [-0.15, -0.1) is 0 Å². The maximum Gasteiger partial charge on any atom is 0.220 e. The predicted octanol–water partition coefficient (Wildman–Crippen LogP) is 0.653. The molecular formula is C12H24N2O2. The molecule has 1 saturated heterocycles. The molecule has 3 N–H and O–H groups in total.